The van der Waals surface area contributed by atoms with Crippen molar-refractivity contribution in [3.63, 3.8) is 0 Å². The van der Waals surface area contributed by atoms with E-state index in [-0.39, 0.29) is 7.92 Å². The fourth-order valence-corrected chi connectivity index (χ4v) is 7.03. The van der Waals surface area contributed by atoms with Gasteiger partial charge in [-0.2, -0.15) is 0 Å². The van der Waals surface area contributed by atoms with E-state index in [2.05, 4.69) is 36.4 Å². The van der Waals surface area contributed by atoms with Crippen molar-refractivity contribution in [2.45, 2.75) is 43.9 Å². The molecule has 18 heavy (non-hydrogen) atoms. The van der Waals surface area contributed by atoms with Crippen molar-refractivity contribution in [2.24, 2.45) is 0 Å². The van der Waals surface area contributed by atoms with Gasteiger partial charge >= 0.3 is 0 Å². The number of benzene rings is 2. The Labute approximate surface area is 110 Å². The zero-order valence-electron chi connectivity index (χ0n) is 10.7. The standard InChI is InChI=1S/C17H19P/c1-2-9-15(10-3-1)18-12-14-8-4-6-13-7-5-11-16(18)17(13)14/h4-8,11,15H,1-3,9-10,12H2. The molecule has 0 spiro atoms. The molecule has 1 aliphatic carbocycles. The Morgan fingerprint density at radius 2 is 1.67 bits per heavy atom. The second-order valence-corrected chi connectivity index (χ2v) is 8.18. The summed E-state index contributed by atoms with van der Waals surface area (Å²) in [7, 11) is 0.0912. The molecule has 0 radical (unpaired) electrons. The van der Waals surface area contributed by atoms with E-state index < -0.39 is 0 Å². The van der Waals surface area contributed by atoms with E-state index in [4.69, 9.17) is 0 Å². The molecule has 1 unspecified atom stereocenters. The van der Waals surface area contributed by atoms with Crippen LogP contribution in [0.2, 0.25) is 0 Å². The maximum atomic E-state index is 2.42. The van der Waals surface area contributed by atoms with Crippen molar-refractivity contribution in [2.75, 3.05) is 0 Å². The molecule has 1 heteroatoms. The molecule has 2 aromatic carbocycles. The molecule has 1 heterocycles. The highest BCUT2D eigenvalue weighted by molar-refractivity contribution is 7.66. The first-order valence-electron chi connectivity index (χ1n) is 7.21. The van der Waals surface area contributed by atoms with Crippen LogP contribution in [0.15, 0.2) is 36.4 Å². The van der Waals surface area contributed by atoms with Crippen LogP contribution < -0.4 is 5.30 Å². The van der Waals surface area contributed by atoms with Gasteiger partial charge in [-0.3, -0.25) is 0 Å². The molecule has 0 nitrogen and oxygen atoms in total. The Kier molecular flexibility index (Phi) is 2.66. The molecule has 1 fully saturated rings. The quantitative estimate of drug-likeness (QED) is 0.642. The first-order valence-corrected chi connectivity index (χ1v) is 8.80. The van der Waals surface area contributed by atoms with E-state index in [1.165, 1.54) is 43.7 Å². The minimum atomic E-state index is 0.0912. The fraction of sp³-hybridized carbons (Fsp3) is 0.412. The Balaban J connectivity index is 1.80. The van der Waals surface area contributed by atoms with Crippen LogP contribution in [0.1, 0.15) is 37.7 Å². The van der Waals surface area contributed by atoms with Gasteiger partial charge in [-0.25, -0.2) is 0 Å². The Morgan fingerprint density at radius 3 is 2.50 bits per heavy atom. The molecule has 4 rings (SSSR count). The van der Waals surface area contributed by atoms with Gasteiger partial charge in [0.1, 0.15) is 0 Å². The van der Waals surface area contributed by atoms with Gasteiger partial charge in [-0.05, 0) is 46.3 Å². The molecule has 92 valence electrons. The van der Waals surface area contributed by atoms with Gasteiger partial charge in [0.05, 0.1) is 0 Å². The Hall–Kier alpha value is -0.870. The van der Waals surface area contributed by atoms with E-state index in [1.807, 2.05) is 0 Å². The summed E-state index contributed by atoms with van der Waals surface area (Å²) in [5.74, 6) is 0. The van der Waals surface area contributed by atoms with E-state index in [9.17, 15) is 0 Å². The van der Waals surface area contributed by atoms with E-state index in [1.54, 1.807) is 16.3 Å². The van der Waals surface area contributed by atoms with Crippen LogP contribution in [0.25, 0.3) is 10.8 Å². The van der Waals surface area contributed by atoms with Crippen LogP contribution in [-0.4, -0.2) is 5.66 Å². The summed E-state index contributed by atoms with van der Waals surface area (Å²) in [5, 5.41) is 4.78. The number of rotatable bonds is 1. The Morgan fingerprint density at radius 1 is 0.889 bits per heavy atom. The summed E-state index contributed by atoms with van der Waals surface area (Å²) in [4.78, 5) is 0. The minimum absolute atomic E-state index is 0.0912. The third kappa shape index (κ3) is 1.62. The third-order valence-corrected chi connectivity index (χ3v) is 7.71. The highest BCUT2D eigenvalue weighted by Gasteiger charge is 2.30. The largest absolute Gasteiger partial charge is 0.0669 e. The second-order valence-electron chi connectivity index (χ2n) is 5.71. The SMILES string of the molecule is c1cc2c3c(cccc3c1)P(C1CCCCC1)C2. The van der Waals surface area contributed by atoms with Crippen LogP contribution in [-0.2, 0) is 6.16 Å². The molecule has 2 aliphatic rings. The highest BCUT2D eigenvalue weighted by Crippen LogP contribution is 2.55. The molecule has 0 saturated heterocycles. The lowest BCUT2D eigenvalue weighted by molar-refractivity contribution is 0.511. The predicted molar refractivity (Wildman–Crippen MR) is 81.1 cm³/mol. The van der Waals surface area contributed by atoms with Crippen molar-refractivity contribution >= 4 is 24.0 Å². The van der Waals surface area contributed by atoms with Crippen LogP contribution in [0.5, 0.6) is 0 Å². The van der Waals surface area contributed by atoms with E-state index >= 15 is 0 Å². The van der Waals surface area contributed by atoms with Crippen molar-refractivity contribution in [3.8, 4) is 0 Å². The molecular weight excluding hydrogens is 235 g/mol. The summed E-state index contributed by atoms with van der Waals surface area (Å²) in [5.41, 5.74) is 2.63. The lowest BCUT2D eigenvalue weighted by Crippen LogP contribution is -2.15. The van der Waals surface area contributed by atoms with Gasteiger partial charge < -0.3 is 0 Å². The minimum Gasteiger partial charge on any atom is -0.0669 e. The topological polar surface area (TPSA) is 0 Å². The first kappa shape index (κ1) is 11.0. The molecular formula is C17H19P. The van der Waals surface area contributed by atoms with Crippen LogP contribution in [0.3, 0.4) is 0 Å². The van der Waals surface area contributed by atoms with Crippen molar-refractivity contribution in [1.82, 2.24) is 0 Å². The van der Waals surface area contributed by atoms with Gasteiger partial charge in [-0.15, -0.1) is 0 Å². The third-order valence-electron chi connectivity index (χ3n) is 4.63. The summed E-state index contributed by atoms with van der Waals surface area (Å²) in [6.07, 6.45) is 8.73. The van der Waals surface area contributed by atoms with Gasteiger partial charge in [0.2, 0.25) is 0 Å². The molecule has 2 aromatic rings. The van der Waals surface area contributed by atoms with Crippen molar-refractivity contribution in [1.29, 1.82) is 0 Å². The van der Waals surface area contributed by atoms with Gasteiger partial charge in [-0.1, -0.05) is 63.6 Å². The van der Waals surface area contributed by atoms with Gasteiger partial charge in [0, 0.05) is 0 Å². The van der Waals surface area contributed by atoms with Gasteiger partial charge in [0.15, 0.2) is 0 Å². The smallest absolute Gasteiger partial charge is 0.00237 e. The lowest BCUT2D eigenvalue weighted by atomic mass is 10.0. The second kappa shape index (κ2) is 4.35. The zero-order chi connectivity index (χ0) is 11.9. The predicted octanol–water partition coefficient (Wildman–Crippen LogP) is 4.79. The average Bonchev–Trinajstić information content (AvgIpc) is 2.82. The fourth-order valence-electron chi connectivity index (χ4n) is 3.76. The van der Waals surface area contributed by atoms with E-state index in [0.29, 0.717) is 0 Å². The first-order chi connectivity index (χ1) is 8.93. The number of hydrogen-bond acceptors (Lipinski definition) is 0. The molecule has 0 aromatic heterocycles. The molecule has 1 saturated carbocycles. The summed E-state index contributed by atoms with van der Waals surface area (Å²) < 4.78 is 0. The number of hydrogen-bond donors (Lipinski definition) is 0. The monoisotopic (exact) mass is 254 g/mol. The highest BCUT2D eigenvalue weighted by atomic mass is 31.1. The van der Waals surface area contributed by atoms with Crippen molar-refractivity contribution in [3.05, 3.63) is 42.0 Å². The Bertz CT molecular complexity index is 576. The normalized spacial score (nSPS) is 23.7. The summed E-state index contributed by atoms with van der Waals surface area (Å²) >= 11 is 0. The molecule has 1 atom stereocenters. The molecule has 0 bridgehead atoms. The maximum absolute atomic E-state index is 2.42. The zero-order valence-corrected chi connectivity index (χ0v) is 11.6. The molecule has 1 aliphatic heterocycles. The summed E-state index contributed by atoms with van der Waals surface area (Å²) in [6, 6.07) is 13.8. The lowest BCUT2D eigenvalue weighted by Gasteiger charge is -2.28. The van der Waals surface area contributed by atoms with Gasteiger partial charge in [0.25, 0.3) is 0 Å². The molecule has 0 amide bonds. The van der Waals surface area contributed by atoms with Crippen LogP contribution in [0, 0.1) is 0 Å². The summed E-state index contributed by atoms with van der Waals surface area (Å²) in [6.45, 7) is 0. The average molecular weight is 254 g/mol. The van der Waals surface area contributed by atoms with E-state index in [0.717, 1.165) is 5.66 Å². The maximum Gasteiger partial charge on any atom is -0.00237 e. The van der Waals surface area contributed by atoms with Crippen LogP contribution in [0.4, 0.5) is 0 Å². The molecule has 0 N–H and O–H groups in total. The van der Waals surface area contributed by atoms with Crippen molar-refractivity contribution < 1.29 is 0 Å². The van der Waals surface area contributed by atoms with Crippen LogP contribution >= 0.6 is 7.92 Å².